The Morgan fingerprint density at radius 3 is 2.89 bits per heavy atom. The van der Waals surface area contributed by atoms with Gasteiger partial charge in [0.15, 0.2) is 0 Å². The zero-order valence-corrected chi connectivity index (χ0v) is 10.6. The Morgan fingerprint density at radius 2 is 2.28 bits per heavy atom. The molecule has 1 aromatic carbocycles. The second-order valence-electron chi connectivity index (χ2n) is 4.20. The van der Waals surface area contributed by atoms with E-state index in [9.17, 15) is 4.79 Å². The number of methoxy groups -OCH3 is 1. The van der Waals surface area contributed by atoms with Gasteiger partial charge in [-0.1, -0.05) is 0 Å². The highest BCUT2D eigenvalue weighted by molar-refractivity contribution is 5.97. The summed E-state index contributed by atoms with van der Waals surface area (Å²) >= 11 is 0. The zero-order chi connectivity index (χ0) is 13.0. The number of hydrogen-bond acceptors (Lipinski definition) is 4. The standard InChI is InChI=1S/C13H17N3O2/c1-9-8-10(15-13(17)18-2)5-6-11(9)16-12-4-3-7-14-12/h5-6,8H,3-4,7H2,1-2H3,(H,14,16)(H,15,17). The molecule has 5 nitrogen and oxygen atoms in total. The Kier molecular flexibility index (Phi) is 3.82. The van der Waals surface area contributed by atoms with Crippen LogP contribution < -0.4 is 10.6 Å². The Labute approximate surface area is 106 Å². The summed E-state index contributed by atoms with van der Waals surface area (Å²) in [7, 11) is 1.34. The van der Waals surface area contributed by atoms with E-state index in [1.807, 2.05) is 25.1 Å². The molecule has 1 aromatic rings. The summed E-state index contributed by atoms with van der Waals surface area (Å²) in [6, 6.07) is 5.66. The van der Waals surface area contributed by atoms with Gasteiger partial charge in [-0.3, -0.25) is 10.3 Å². The molecular weight excluding hydrogens is 230 g/mol. The van der Waals surface area contributed by atoms with Gasteiger partial charge in [0, 0.05) is 24.3 Å². The highest BCUT2D eigenvalue weighted by Gasteiger charge is 2.08. The first-order chi connectivity index (χ1) is 8.69. The van der Waals surface area contributed by atoms with Crippen LogP contribution in [0, 0.1) is 6.92 Å². The summed E-state index contributed by atoms with van der Waals surface area (Å²) in [5, 5.41) is 5.94. The minimum Gasteiger partial charge on any atom is -0.453 e. The molecule has 1 aliphatic rings. The number of anilines is 2. The molecule has 0 saturated carbocycles. The lowest BCUT2D eigenvalue weighted by atomic mass is 10.1. The Hall–Kier alpha value is -2.04. The minimum atomic E-state index is -0.463. The number of carbonyl (C=O) groups is 1. The number of nitrogens with zero attached hydrogens (tertiary/aromatic N) is 1. The fourth-order valence-corrected chi connectivity index (χ4v) is 1.85. The van der Waals surface area contributed by atoms with Crippen molar-refractivity contribution < 1.29 is 9.53 Å². The third-order valence-corrected chi connectivity index (χ3v) is 2.81. The van der Waals surface area contributed by atoms with Crippen LogP contribution in [0.2, 0.25) is 0 Å². The molecule has 18 heavy (non-hydrogen) atoms. The molecule has 2 N–H and O–H groups in total. The molecule has 0 atom stereocenters. The molecule has 96 valence electrons. The van der Waals surface area contributed by atoms with Crippen molar-refractivity contribution in [1.82, 2.24) is 0 Å². The number of carbonyl (C=O) groups excluding carboxylic acids is 1. The first-order valence-corrected chi connectivity index (χ1v) is 5.95. The van der Waals surface area contributed by atoms with Gasteiger partial charge in [-0.05, 0) is 37.1 Å². The molecule has 2 rings (SSSR count). The van der Waals surface area contributed by atoms with Gasteiger partial charge in [0.1, 0.15) is 5.84 Å². The van der Waals surface area contributed by atoms with Crippen LogP contribution in [-0.4, -0.2) is 25.6 Å². The Bertz CT molecular complexity index is 483. The second kappa shape index (κ2) is 5.53. The molecule has 0 aromatic heterocycles. The molecule has 0 bridgehead atoms. The smallest absolute Gasteiger partial charge is 0.411 e. The molecule has 1 amide bonds. The van der Waals surface area contributed by atoms with Gasteiger partial charge >= 0.3 is 6.09 Å². The van der Waals surface area contributed by atoms with Gasteiger partial charge in [-0.15, -0.1) is 0 Å². The maximum atomic E-state index is 11.1. The van der Waals surface area contributed by atoms with Crippen molar-refractivity contribution in [1.29, 1.82) is 0 Å². The topological polar surface area (TPSA) is 62.7 Å². The van der Waals surface area contributed by atoms with Crippen molar-refractivity contribution in [3.63, 3.8) is 0 Å². The van der Waals surface area contributed by atoms with Crippen LogP contribution >= 0.6 is 0 Å². The average Bonchev–Trinajstić information content (AvgIpc) is 2.85. The third-order valence-electron chi connectivity index (χ3n) is 2.81. The van der Waals surface area contributed by atoms with Crippen molar-refractivity contribution in [2.45, 2.75) is 19.8 Å². The molecule has 5 heteroatoms. The summed E-state index contributed by atoms with van der Waals surface area (Å²) < 4.78 is 4.55. The van der Waals surface area contributed by atoms with E-state index in [0.717, 1.165) is 42.2 Å². The van der Waals surface area contributed by atoms with Crippen molar-refractivity contribution in [3.05, 3.63) is 23.8 Å². The molecule has 1 heterocycles. The minimum absolute atomic E-state index is 0.463. The number of benzene rings is 1. The van der Waals surface area contributed by atoms with Crippen molar-refractivity contribution >= 4 is 23.3 Å². The number of amidine groups is 1. The van der Waals surface area contributed by atoms with E-state index in [1.165, 1.54) is 7.11 Å². The number of nitrogens with one attached hydrogen (secondary N) is 2. The largest absolute Gasteiger partial charge is 0.453 e. The van der Waals surface area contributed by atoms with Crippen LogP contribution in [-0.2, 0) is 4.74 Å². The van der Waals surface area contributed by atoms with E-state index in [4.69, 9.17) is 0 Å². The van der Waals surface area contributed by atoms with Gasteiger partial charge in [0.25, 0.3) is 0 Å². The number of ether oxygens (including phenoxy) is 1. The van der Waals surface area contributed by atoms with E-state index in [2.05, 4.69) is 20.4 Å². The Morgan fingerprint density at radius 1 is 1.44 bits per heavy atom. The van der Waals surface area contributed by atoms with Crippen LogP contribution in [0.15, 0.2) is 23.2 Å². The Balaban J connectivity index is 2.07. The summed E-state index contributed by atoms with van der Waals surface area (Å²) in [4.78, 5) is 15.5. The van der Waals surface area contributed by atoms with E-state index in [-0.39, 0.29) is 0 Å². The highest BCUT2D eigenvalue weighted by atomic mass is 16.5. The van der Waals surface area contributed by atoms with Crippen molar-refractivity contribution in [2.24, 2.45) is 4.99 Å². The first kappa shape index (κ1) is 12.4. The molecule has 1 aliphatic heterocycles. The molecule has 0 unspecified atom stereocenters. The van der Waals surface area contributed by atoms with Crippen LogP contribution in [0.3, 0.4) is 0 Å². The zero-order valence-electron chi connectivity index (χ0n) is 10.6. The van der Waals surface area contributed by atoms with E-state index in [0.29, 0.717) is 0 Å². The van der Waals surface area contributed by atoms with Crippen molar-refractivity contribution in [2.75, 3.05) is 24.3 Å². The summed E-state index contributed by atoms with van der Waals surface area (Å²) in [5.41, 5.74) is 2.79. The number of amides is 1. The lowest BCUT2D eigenvalue weighted by molar-refractivity contribution is 0.187. The van der Waals surface area contributed by atoms with Gasteiger partial charge in [0.05, 0.1) is 7.11 Å². The fourth-order valence-electron chi connectivity index (χ4n) is 1.85. The third kappa shape index (κ3) is 3.00. The van der Waals surface area contributed by atoms with Crippen molar-refractivity contribution in [3.8, 4) is 0 Å². The molecule has 0 fully saturated rings. The molecule has 0 radical (unpaired) electrons. The average molecular weight is 247 g/mol. The predicted molar refractivity (Wildman–Crippen MR) is 72.4 cm³/mol. The van der Waals surface area contributed by atoms with Gasteiger partial charge in [-0.2, -0.15) is 0 Å². The summed E-state index contributed by atoms with van der Waals surface area (Å²) in [6.07, 6.45) is 1.65. The summed E-state index contributed by atoms with van der Waals surface area (Å²) in [5.74, 6) is 1.03. The maximum absolute atomic E-state index is 11.1. The normalized spacial score (nSPS) is 14.0. The van der Waals surface area contributed by atoms with Gasteiger partial charge in [0.2, 0.25) is 0 Å². The quantitative estimate of drug-likeness (QED) is 0.844. The molecule has 0 aliphatic carbocycles. The highest BCUT2D eigenvalue weighted by Crippen LogP contribution is 2.21. The van der Waals surface area contributed by atoms with Crippen LogP contribution in [0.25, 0.3) is 0 Å². The van der Waals surface area contributed by atoms with E-state index in [1.54, 1.807) is 0 Å². The molecular formula is C13H17N3O2. The number of hydrogen-bond donors (Lipinski definition) is 2. The number of aryl methyl sites for hydroxylation is 1. The maximum Gasteiger partial charge on any atom is 0.411 e. The van der Waals surface area contributed by atoms with Gasteiger partial charge < -0.3 is 10.1 Å². The SMILES string of the molecule is COC(=O)Nc1ccc(NC2=NCCC2)c(C)c1. The summed E-state index contributed by atoms with van der Waals surface area (Å²) in [6.45, 7) is 2.89. The lowest BCUT2D eigenvalue weighted by Gasteiger charge is -2.11. The molecule has 0 saturated heterocycles. The lowest BCUT2D eigenvalue weighted by Crippen LogP contribution is -2.12. The number of aliphatic imine (C=N–C) groups is 1. The first-order valence-electron chi connectivity index (χ1n) is 5.95. The monoisotopic (exact) mass is 247 g/mol. The fraction of sp³-hybridized carbons (Fsp3) is 0.385. The molecule has 0 spiro atoms. The van der Waals surface area contributed by atoms with Crippen LogP contribution in [0.5, 0.6) is 0 Å². The van der Waals surface area contributed by atoms with E-state index < -0.39 is 6.09 Å². The van der Waals surface area contributed by atoms with E-state index >= 15 is 0 Å². The van der Waals surface area contributed by atoms with Crippen LogP contribution in [0.1, 0.15) is 18.4 Å². The number of rotatable bonds is 2. The predicted octanol–water partition coefficient (Wildman–Crippen LogP) is 2.78. The van der Waals surface area contributed by atoms with Gasteiger partial charge in [-0.25, -0.2) is 4.79 Å². The second-order valence-corrected chi connectivity index (χ2v) is 4.20. The van der Waals surface area contributed by atoms with Crippen LogP contribution in [0.4, 0.5) is 16.2 Å².